The second-order valence-corrected chi connectivity index (χ2v) is 12.2. The van der Waals surface area contributed by atoms with Gasteiger partial charge in [0, 0.05) is 12.4 Å². The van der Waals surface area contributed by atoms with Gasteiger partial charge in [0.2, 0.25) is 0 Å². The molecule has 3 aromatic rings. The summed E-state index contributed by atoms with van der Waals surface area (Å²) in [5.41, 5.74) is 11.6. The lowest BCUT2D eigenvalue weighted by atomic mass is 9.73. The van der Waals surface area contributed by atoms with Gasteiger partial charge in [0.15, 0.2) is 0 Å². The largest absolute Gasteiger partial charge is 0.286 e. The van der Waals surface area contributed by atoms with E-state index in [9.17, 15) is 0 Å². The number of aliphatic imine (C=N–C) groups is 1. The fourth-order valence-electron chi connectivity index (χ4n) is 6.48. The van der Waals surface area contributed by atoms with Gasteiger partial charge in [-0.3, -0.25) is 9.89 Å². The molecule has 0 amide bonds. The minimum absolute atomic E-state index is 0.376. The third kappa shape index (κ3) is 6.84. The van der Waals surface area contributed by atoms with E-state index in [2.05, 4.69) is 126 Å². The zero-order valence-corrected chi connectivity index (χ0v) is 27.1. The summed E-state index contributed by atoms with van der Waals surface area (Å²) in [6, 6.07) is 22.9. The van der Waals surface area contributed by atoms with Crippen molar-refractivity contribution in [3.63, 3.8) is 0 Å². The van der Waals surface area contributed by atoms with Crippen LogP contribution in [0.15, 0.2) is 90.1 Å². The number of allylic oxidation sites excluding steroid dienone is 1. The van der Waals surface area contributed by atoms with Crippen LogP contribution in [0.2, 0.25) is 0 Å². The smallest absolute Gasteiger partial charge is 0.0947 e. The van der Waals surface area contributed by atoms with Crippen LogP contribution in [-0.4, -0.2) is 24.2 Å². The molecule has 3 aromatic carbocycles. The third-order valence-corrected chi connectivity index (χ3v) is 8.57. The normalized spacial score (nSPS) is 17.3. The average Bonchev–Trinajstić information content (AvgIpc) is 3.00. The minimum atomic E-state index is -0.515. The van der Waals surface area contributed by atoms with Crippen molar-refractivity contribution in [3.05, 3.63) is 130 Å². The van der Waals surface area contributed by atoms with E-state index in [0.29, 0.717) is 5.92 Å². The summed E-state index contributed by atoms with van der Waals surface area (Å²) >= 11 is 0. The molecule has 1 unspecified atom stereocenters. The Balaban J connectivity index is 2.18. The highest BCUT2D eigenvalue weighted by molar-refractivity contribution is 5.84. The molecule has 2 nitrogen and oxygen atoms in total. The Morgan fingerprint density at radius 2 is 1.74 bits per heavy atom. The molecular weight excluding hydrogens is 520 g/mol. The van der Waals surface area contributed by atoms with Gasteiger partial charge < -0.3 is 0 Å². The summed E-state index contributed by atoms with van der Waals surface area (Å²) in [6.45, 7) is 20.0. The molecule has 222 valence electrons. The van der Waals surface area contributed by atoms with Crippen molar-refractivity contribution in [2.45, 2.75) is 72.8 Å². The van der Waals surface area contributed by atoms with Crippen molar-refractivity contribution in [1.29, 1.82) is 0 Å². The second kappa shape index (κ2) is 14.5. The predicted molar refractivity (Wildman–Crippen MR) is 187 cm³/mol. The van der Waals surface area contributed by atoms with Gasteiger partial charge in [0.25, 0.3) is 0 Å². The van der Waals surface area contributed by atoms with Gasteiger partial charge in [-0.05, 0) is 132 Å². The molecule has 0 saturated heterocycles. The highest BCUT2D eigenvalue weighted by Crippen LogP contribution is 2.45. The Hall–Kier alpha value is -3.93. The van der Waals surface area contributed by atoms with E-state index in [-0.39, 0.29) is 0 Å². The van der Waals surface area contributed by atoms with E-state index >= 15 is 0 Å². The number of hydrogen-bond donors (Lipinski definition) is 0. The fraction of sp³-hybridized carbons (Fsp3) is 0.341. The van der Waals surface area contributed by atoms with Crippen LogP contribution >= 0.6 is 0 Å². The molecule has 6 bridgehead atoms. The van der Waals surface area contributed by atoms with Crippen molar-refractivity contribution < 1.29 is 0 Å². The number of hydrogen-bond acceptors (Lipinski definition) is 2. The highest BCUT2D eigenvalue weighted by Gasteiger charge is 2.42. The van der Waals surface area contributed by atoms with Gasteiger partial charge in [-0.25, -0.2) is 0 Å². The van der Waals surface area contributed by atoms with Crippen molar-refractivity contribution in [2.24, 2.45) is 10.9 Å². The van der Waals surface area contributed by atoms with Crippen LogP contribution in [0, 0.1) is 25.2 Å². The summed E-state index contributed by atoms with van der Waals surface area (Å²) in [6.07, 6.45) is 17.7. The summed E-state index contributed by atoms with van der Waals surface area (Å²) in [7, 11) is 0. The molecule has 0 saturated carbocycles. The maximum atomic E-state index is 5.67. The van der Waals surface area contributed by atoms with Crippen molar-refractivity contribution >= 4 is 17.9 Å². The van der Waals surface area contributed by atoms with E-state index in [4.69, 9.17) is 11.4 Å². The Morgan fingerprint density at radius 1 is 1.02 bits per heavy atom. The molecular formula is C41H48N2. The standard InChI is InChI=1S/C41H48N2/c1-9-12-15-35-20-22-39-27-40(35)33(8)37-16-13-14-34(25-37)18-19-36-26-38(21-17-31(36)6)41(39,43(23-10-2)24-11-3)32(7)29-42-28-30(4)5/h1,12-17,20-22,25-30H,8,10-11,18-19,23-24H2,2-7H3/b15-12-,32-29+,42-28?. The molecule has 0 N–H and O–H groups in total. The maximum absolute atomic E-state index is 5.67. The van der Waals surface area contributed by atoms with Gasteiger partial charge in [-0.15, -0.1) is 6.42 Å². The first-order valence-corrected chi connectivity index (χ1v) is 15.9. The molecule has 1 atom stereocenters. The average molecular weight is 569 g/mol. The molecule has 1 aliphatic carbocycles. The number of aryl methyl sites for hydroxylation is 3. The van der Waals surface area contributed by atoms with Crippen LogP contribution < -0.4 is 0 Å². The first-order chi connectivity index (χ1) is 20.8. The zero-order chi connectivity index (χ0) is 31.0. The molecule has 0 spiro atoms. The summed E-state index contributed by atoms with van der Waals surface area (Å²) < 4.78 is 0. The second-order valence-electron chi connectivity index (χ2n) is 12.2. The van der Waals surface area contributed by atoms with Crippen LogP contribution in [0.3, 0.4) is 0 Å². The fourth-order valence-corrected chi connectivity index (χ4v) is 6.48. The molecule has 4 rings (SSSR count). The molecule has 0 radical (unpaired) electrons. The first-order valence-electron chi connectivity index (χ1n) is 15.9. The Kier molecular flexibility index (Phi) is 10.8. The van der Waals surface area contributed by atoms with Crippen LogP contribution in [0.4, 0.5) is 0 Å². The van der Waals surface area contributed by atoms with Crippen LogP contribution in [0.25, 0.3) is 11.6 Å². The Morgan fingerprint density at radius 3 is 2.44 bits per heavy atom. The van der Waals surface area contributed by atoms with Crippen LogP contribution in [0.1, 0.15) is 92.0 Å². The molecule has 0 aromatic heterocycles. The molecule has 43 heavy (non-hydrogen) atoms. The number of terminal acetylenes is 1. The first kappa shape index (κ1) is 32.0. The molecule has 0 fully saturated rings. The summed E-state index contributed by atoms with van der Waals surface area (Å²) in [5, 5.41) is 0. The minimum Gasteiger partial charge on any atom is -0.286 e. The van der Waals surface area contributed by atoms with E-state index in [0.717, 1.165) is 61.0 Å². The Labute approximate surface area is 261 Å². The summed E-state index contributed by atoms with van der Waals surface area (Å²) in [5.74, 6) is 3.06. The molecule has 2 heteroatoms. The zero-order valence-electron chi connectivity index (χ0n) is 27.1. The maximum Gasteiger partial charge on any atom is 0.0947 e. The van der Waals surface area contributed by atoms with Crippen LogP contribution in [-0.2, 0) is 18.4 Å². The topological polar surface area (TPSA) is 15.6 Å². The molecule has 0 aliphatic heterocycles. The van der Waals surface area contributed by atoms with E-state index < -0.39 is 5.54 Å². The Bertz CT molecular complexity index is 1570. The van der Waals surface area contributed by atoms with E-state index in [1.165, 1.54) is 33.4 Å². The molecule has 0 heterocycles. The van der Waals surface area contributed by atoms with E-state index in [1.54, 1.807) is 6.08 Å². The number of nitrogens with zero attached hydrogens (tertiary/aromatic N) is 2. The summed E-state index contributed by atoms with van der Waals surface area (Å²) in [4.78, 5) is 7.54. The SMILES string of the molecule is C#C/C=C\c1ccc2cc1C(=C)c1cccc(c1)CCc1cc(ccc1C)C2(/C(C)=C/N=CC(C)C)N(CCC)CCC. The van der Waals surface area contributed by atoms with Crippen molar-refractivity contribution in [3.8, 4) is 12.3 Å². The van der Waals surface area contributed by atoms with Crippen LogP contribution in [0.5, 0.6) is 0 Å². The lowest BCUT2D eigenvalue weighted by molar-refractivity contribution is 0.152. The highest BCUT2D eigenvalue weighted by atomic mass is 15.2. The monoisotopic (exact) mass is 568 g/mol. The third-order valence-electron chi connectivity index (χ3n) is 8.57. The molecule has 1 aliphatic rings. The van der Waals surface area contributed by atoms with Gasteiger partial charge in [0.1, 0.15) is 0 Å². The number of rotatable bonds is 9. The predicted octanol–water partition coefficient (Wildman–Crippen LogP) is 9.80. The van der Waals surface area contributed by atoms with Gasteiger partial charge in [-0.2, -0.15) is 0 Å². The quantitative estimate of drug-likeness (QED) is 0.185. The lowest BCUT2D eigenvalue weighted by Gasteiger charge is -2.46. The van der Waals surface area contributed by atoms with E-state index in [1.807, 2.05) is 12.3 Å². The number of fused-ring (bicyclic) bond motifs is 6. The van der Waals surface area contributed by atoms with Gasteiger partial charge >= 0.3 is 0 Å². The van der Waals surface area contributed by atoms with Crippen molar-refractivity contribution in [1.82, 2.24) is 4.90 Å². The number of benzene rings is 3. The van der Waals surface area contributed by atoms with Gasteiger partial charge in [-0.1, -0.05) is 94.8 Å². The van der Waals surface area contributed by atoms with Gasteiger partial charge in [0.05, 0.1) is 5.54 Å². The lowest BCUT2D eigenvalue weighted by Crippen LogP contribution is -2.49. The van der Waals surface area contributed by atoms with Crippen molar-refractivity contribution in [2.75, 3.05) is 13.1 Å².